The summed E-state index contributed by atoms with van der Waals surface area (Å²) in [4.78, 5) is 12.7. The highest BCUT2D eigenvalue weighted by atomic mass is 79.9. The Morgan fingerprint density at radius 3 is 2.17 bits per heavy atom. The molecule has 0 bridgehead atoms. The Labute approximate surface area is 104 Å². The molecule has 0 aliphatic heterocycles. The number of H-pyrrole nitrogens is 1. The molecule has 0 spiro atoms. The minimum atomic E-state index is -5.33. The highest BCUT2D eigenvalue weighted by Gasteiger charge is 2.43. The Morgan fingerprint density at radius 2 is 1.78 bits per heavy atom. The molecule has 0 atom stereocenters. The standard InChI is InChI=1S/C8H4BrF6NO2/c9-1-3-2-16-6(17)4(7(10,11)12)5(3)18-8(13,14)15/h2H,1H2,(H,16,17). The van der Waals surface area contributed by atoms with Crippen molar-refractivity contribution in [2.75, 3.05) is 0 Å². The van der Waals surface area contributed by atoms with Crippen molar-refractivity contribution in [3.8, 4) is 5.75 Å². The van der Waals surface area contributed by atoms with Crippen LogP contribution in [0.5, 0.6) is 5.75 Å². The van der Waals surface area contributed by atoms with Crippen LogP contribution in [0.25, 0.3) is 0 Å². The first kappa shape index (κ1) is 14.9. The number of nitrogens with one attached hydrogen (secondary N) is 1. The number of rotatable bonds is 2. The largest absolute Gasteiger partial charge is 0.573 e. The van der Waals surface area contributed by atoms with E-state index < -0.39 is 35.0 Å². The number of halogens is 7. The molecule has 0 radical (unpaired) electrons. The highest BCUT2D eigenvalue weighted by molar-refractivity contribution is 9.08. The van der Waals surface area contributed by atoms with E-state index in [2.05, 4.69) is 20.7 Å². The molecule has 0 unspecified atom stereocenters. The maximum Gasteiger partial charge on any atom is 0.573 e. The van der Waals surface area contributed by atoms with Crippen LogP contribution in [-0.4, -0.2) is 11.3 Å². The molecule has 18 heavy (non-hydrogen) atoms. The van der Waals surface area contributed by atoms with E-state index in [0.29, 0.717) is 6.20 Å². The topological polar surface area (TPSA) is 42.1 Å². The van der Waals surface area contributed by atoms with E-state index in [4.69, 9.17) is 0 Å². The lowest BCUT2D eigenvalue weighted by Crippen LogP contribution is -2.27. The Bertz CT molecular complexity index is 492. The number of aromatic amines is 1. The van der Waals surface area contributed by atoms with E-state index >= 15 is 0 Å². The summed E-state index contributed by atoms with van der Waals surface area (Å²) in [6.07, 6.45) is -9.87. The fourth-order valence-electron chi connectivity index (χ4n) is 1.14. The fraction of sp³-hybridized carbons (Fsp3) is 0.375. The molecule has 0 aliphatic rings. The Balaban J connectivity index is 3.52. The van der Waals surface area contributed by atoms with Gasteiger partial charge in [0.1, 0.15) is 0 Å². The van der Waals surface area contributed by atoms with Crippen molar-refractivity contribution in [1.29, 1.82) is 0 Å². The number of pyridine rings is 1. The molecule has 0 saturated heterocycles. The van der Waals surface area contributed by atoms with Crippen LogP contribution in [0.2, 0.25) is 0 Å². The van der Waals surface area contributed by atoms with Crippen LogP contribution in [0, 0.1) is 0 Å². The summed E-state index contributed by atoms with van der Waals surface area (Å²) in [5.74, 6) is -1.55. The molecule has 0 amide bonds. The first-order valence-electron chi connectivity index (χ1n) is 4.19. The van der Waals surface area contributed by atoms with E-state index in [9.17, 15) is 31.1 Å². The van der Waals surface area contributed by atoms with Gasteiger partial charge in [-0.1, -0.05) is 15.9 Å². The minimum Gasteiger partial charge on any atom is -0.405 e. The van der Waals surface area contributed by atoms with Crippen molar-refractivity contribution in [3.63, 3.8) is 0 Å². The third-order valence-electron chi connectivity index (χ3n) is 1.77. The molecular formula is C8H4BrF6NO2. The molecule has 102 valence electrons. The van der Waals surface area contributed by atoms with Gasteiger partial charge >= 0.3 is 12.5 Å². The SMILES string of the molecule is O=c1[nH]cc(CBr)c(OC(F)(F)F)c1C(F)(F)F. The van der Waals surface area contributed by atoms with Gasteiger partial charge in [-0.3, -0.25) is 4.79 Å². The number of alkyl halides is 7. The Morgan fingerprint density at radius 1 is 1.22 bits per heavy atom. The summed E-state index contributed by atoms with van der Waals surface area (Å²) < 4.78 is 77.0. The average Bonchev–Trinajstić information content (AvgIpc) is 2.13. The van der Waals surface area contributed by atoms with Gasteiger partial charge in [-0.25, -0.2) is 0 Å². The Hall–Kier alpha value is -1.19. The summed E-state index contributed by atoms with van der Waals surface area (Å²) in [6, 6.07) is 0. The zero-order chi connectivity index (χ0) is 14.1. The second-order valence-electron chi connectivity index (χ2n) is 3.03. The number of hydrogen-bond acceptors (Lipinski definition) is 2. The van der Waals surface area contributed by atoms with E-state index in [1.165, 1.54) is 0 Å². The van der Waals surface area contributed by atoms with Gasteiger partial charge in [0.25, 0.3) is 5.56 Å². The second-order valence-corrected chi connectivity index (χ2v) is 3.59. The maximum absolute atomic E-state index is 12.5. The van der Waals surface area contributed by atoms with Gasteiger partial charge in [0.15, 0.2) is 11.3 Å². The lowest BCUT2D eigenvalue weighted by Gasteiger charge is -2.16. The molecule has 0 aliphatic carbocycles. The van der Waals surface area contributed by atoms with Crippen molar-refractivity contribution in [2.45, 2.75) is 17.9 Å². The molecule has 3 nitrogen and oxygen atoms in total. The molecular weight excluding hydrogens is 336 g/mol. The summed E-state index contributed by atoms with van der Waals surface area (Å²) in [5, 5.41) is -0.349. The molecule has 1 heterocycles. The second kappa shape index (κ2) is 4.82. The van der Waals surface area contributed by atoms with Crippen molar-refractivity contribution < 1.29 is 31.1 Å². The van der Waals surface area contributed by atoms with Crippen molar-refractivity contribution >= 4 is 15.9 Å². The van der Waals surface area contributed by atoms with Crippen LogP contribution >= 0.6 is 15.9 Å². The van der Waals surface area contributed by atoms with Crippen LogP contribution < -0.4 is 10.3 Å². The van der Waals surface area contributed by atoms with Gasteiger partial charge < -0.3 is 9.72 Å². The zero-order valence-corrected chi connectivity index (χ0v) is 9.83. The molecule has 0 saturated carbocycles. The molecule has 1 aromatic heterocycles. The summed E-state index contributed by atoms with van der Waals surface area (Å²) in [5.41, 5.74) is -4.19. The predicted molar refractivity (Wildman–Crippen MR) is 51.4 cm³/mol. The van der Waals surface area contributed by atoms with E-state index in [0.717, 1.165) is 0 Å². The van der Waals surface area contributed by atoms with E-state index in [1.54, 1.807) is 4.98 Å². The van der Waals surface area contributed by atoms with Crippen LogP contribution in [0.15, 0.2) is 11.0 Å². The molecule has 0 fully saturated rings. The van der Waals surface area contributed by atoms with Gasteiger partial charge in [0, 0.05) is 17.1 Å². The third-order valence-corrected chi connectivity index (χ3v) is 2.37. The predicted octanol–water partition coefficient (Wildman–Crippen LogP) is 3.19. The monoisotopic (exact) mass is 339 g/mol. The number of hydrogen-bond donors (Lipinski definition) is 1. The summed E-state index contributed by atoms with van der Waals surface area (Å²) in [6.45, 7) is 0. The lowest BCUT2D eigenvalue weighted by atomic mass is 10.2. The number of ether oxygens (including phenoxy) is 1. The first-order chi connectivity index (χ1) is 8.06. The summed E-state index contributed by atoms with van der Waals surface area (Å²) in [7, 11) is 0. The normalized spacial score (nSPS) is 12.6. The van der Waals surface area contributed by atoms with Gasteiger partial charge in [-0.15, -0.1) is 13.2 Å². The highest BCUT2D eigenvalue weighted by Crippen LogP contribution is 2.38. The quantitative estimate of drug-likeness (QED) is 0.664. The van der Waals surface area contributed by atoms with Crippen molar-refractivity contribution in [1.82, 2.24) is 4.98 Å². The third kappa shape index (κ3) is 3.40. The molecule has 10 heteroatoms. The van der Waals surface area contributed by atoms with E-state index in [-0.39, 0.29) is 5.33 Å². The van der Waals surface area contributed by atoms with Crippen molar-refractivity contribution in [3.05, 3.63) is 27.7 Å². The fourth-order valence-corrected chi connectivity index (χ4v) is 1.56. The maximum atomic E-state index is 12.5. The van der Waals surface area contributed by atoms with Gasteiger partial charge in [-0.05, 0) is 0 Å². The van der Waals surface area contributed by atoms with Gasteiger partial charge in [0.2, 0.25) is 0 Å². The minimum absolute atomic E-state index is 0.349. The molecule has 0 aromatic carbocycles. The zero-order valence-electron chi connectivity index (χ0n) is 8.25. The molecule has 1 rings (SSSR count). The lowest BCUT2D eigenvalue weighted by molar-refractivity contribution is -0.276. The first-order valence-corrected chi connectivity index (χ1v) is 5.32. The summed E-state index contributed by atoms with van der Waals surface area (Å²) >= 11 is 2.70. The van der Waals surface area contributed by atoms with E-state index in [1.807, 2.05) is 0 Å². The van der Waals surface area contributed by atoms with Crippen molar-refractivity contribution in [2.24, 2.45) is 0 Å². The van der Waals surface area contributed by atoms with Crippen LogP contribution in [0.4, 0.5) is 26.3 Å². The molecule has 1 N–H and O–H groups in total. The van der Waals surface area contributed by atoms with Crippen LogP contribution in [0.3, 0.4) is 0 Å². The number of aromatic nitrogens is 1. The van der Waals surface area contributed by atoms with Gasteiger partial charge in [-0.2, -0.15) is 13.2 Å². The Kier molecular flexibility index (Phi) is 3.99. The smallest absolute Gasteiger partial charge is 0.405 e. The molecule has 1 aromatic rings. The van der Waals surface area contributed by atoms with Crippen LogP contribution in [0.1, 0.15) is 11.1 Å². The van der Waals surface area contributed by atoms with Crippen LogP contribution in [-0.2, 0) is 11.5 Å². The van der Waals surface area contributed by atoms with Gasteiger partial charge in [0.05, 0.1) is 0 Å². The average molecular weight is 340 g/mol.